The Morgan fingerprint density at radius 3 is 3.00 bits per heavy atom. The van der Waals surface area contributed by atoms with Gasteiger partial charge >= 0.3 is 0 Å². The minimum absolute atomic E-state index is 0.698. The van der Waals surface area contributed by atoms with Crippen LogP contribution in [0.4, 0.5) is 0 Å². The highest BCUT2D eigenvalue weighted by molar-refractivity contribution is 7.98. The van der Waals surface area contributed by atoms with E-state index in [9.17, 15) is 0 Å². The van der Waals surface area contributed by atoms with E-state index in [1.54, 1.807) is 11.3 Å². The number of hydrogen-bond acceptors (Lipinski definition) is 6. The molecule has 0 unspecified atom stereocenters. The highest BCUT2D eigenvalue weighted by Crippen LogP contribution is 2.26. The molecule has 0 aliphatic heterocycles. The molecule has 2 N–H and O–H groups in total. The van der Waals surface area contributed by atoms with E-state index in [2.05, 4.69) is 21.2 Å². The number of rotatable bonds is 3. The van der Waals surface area contributed by atoms with E-state index in [0.29, 0.717) is 5.16 Å². The Labute approximate surface area is 106 Å². The van der Waals surface area contributed by atoms with Crippen LogP contribution in [0.2, 0.25) is 0 Å². The van der Waals surface area contributed by atoms with Gasteiger partial charge in [-0.1, -0.05) is 23.9 Å². The summed E-state index contributed by atoms with van der Waals surface area (Å²) in [5.74, 6) is 6.39. The zero-order chi connectivity index (χ0) is 11.7. The molecule has 3 rings (SSSR count). The van der Waals surface area contributed by atoms with Crippen LogP contribution in [0, 0.1) is 0 Å². The van der Waals surface area contributed by atoms with Crippen LogP contribution in [-0.2, 0) is 5.75 Å². The number of thiazole rings is 1. The molecule has 0 aliphatic carbocycles. The van der Waals surface area contributed by atoms with Crippen molar-refractivity contribution in [2.45, 2.75) is 10.9 Å². The molecule has 0 fully saturated rings. The lowest BCUT2D eigenvalue weighted by Gasteiger charge is -1.96. The van der Waals surface area contributed by atoms with E-state index in [-0.39, 0.29) is 0 Å². The molecule has 5 nitrogen and oxygen atoms in total. The summed E-state index contributed by atoms with van der Waals surface area (Å²) in [6, 6.07) is 8.11. The molecule has 0 aliphatic rings. The van der Waals surface area contributed by atoms with Crippen molar-refractivity contribution in [3.05, 3.63) is 35.6 Å². The first kappa shape index (κ1) is 10.5. The predicted molar refractivity (Wildman–Crippen MR) is 69.4 cm³/mol. The lowest BCUT2D eigenvalue weighted by Crippen LogP contribution is -2.07. The first-order chi connectivity index (χ1) is 8.33. The number of benzene rings is 1. The van der Waals surface area contributed by atoms with Gasteiger partial charge in [0.05, 0.1) is 16.0 Å². The van der Waals surface area contributed by atoms with Crippen LogP contribution in [-0.4, -0.2) is 19.9 Å². The van der Waals surface area contributed by atoms with Crippen LogP contribution in [0.3, 0.4) is 0 Å². The Morgan fingerprint density at radius 1 is 1.35 bits per heavy atom. The van der Waals surface area contributed by atoms with E-state index in [0.717, 1.165) is 16.3 Å². The van der Waals surface area contributed by atoms with Gasteiger partial charge in [0, 0.05) is 0 Å². The number of fused-ring (bicyclic) bond motifs is 1. The molecule has 0 amide bonds. The average molecular weight is 263 g/mol. The minimum atomic E-state index is 0.698. The summed E-state index contributed by atoms with van der Waals surface area (Å²) in [5.41, 5.74) is 1.04. The van der Waals surface area contributed by atoms with Gasteiger partial charge in [-0.05, 0) is 12.1 Å². The van der Waals surface area contributed by atoms with Crippen molar-refractivity contribution in [2.75, 3.05) is 5.84 Å². The van der Waals surface area contributed by atoms with Crippen LogP contribution in [0.1, 0.15) is 5.01 Å². The number of nitrogens with two attached hydrogens (primary N) is 1. The van der Waals surface area contributed by atoms with Crippen LogP contribution in [0.15, 0.2) is 35.7 Å². The lowest BCUT2D eigenvalue weighted by molar-refractivity contribution is 0.846. The van der Waals surface area contributed by atoms with E-state index in [4.69, 9.17) is 5.84 Å². The van der Waals surface area contributed by atoms with Gasteiger partial charge in [0.15, 0.2) is 0 Å². The minimum Gasteiger partial charge on any atom is -0.336 e. The lowest BCUT2D eigenvalue weighted by atomic mass is 10.3. The third-order valence-electron chi connectivity index (χ3n) is 2.20. The van der Waals surface area contributed by atoms with Crippen LogP contribution >= 0.6 is 23.1 Å². The van der Waals surface area contributed by atoms with Crippen molar-refractivity contribution >= 4 is 33.3 Å². The first-order valence-corrected chi connectivity index (χ1v) is 6.75. The molecule has 86 valence electrons. The first-order valence-electron chi connectivity index (χ1n) is 4.95. The number of nitrogen functional groups attached to an aromatic ring is 1. The normalized spacial score (nSPS) is 11.1. The highest BCUT2D eigenvalue weighted by Gasteiger charge is 2.06. The Kier molecular flexibility index (Phi) is 2.69. The molecule has 1 aromatic carbocycles. The molecule has 3 aromatic rings. The second kappa shape index (κ2) is 4.34. The number of thioether (sulfide) groups is 1. The van der Waals surface area contributed by atoms with Gasteiger partial charge in [-0.15, -0.1) is 21.5 Å². The highest BCUT2D eigenvalue weighted by atomic mass is 32.2. The molecular weight excluding hydrogens is 254 g/mol. The third kappa shape index (κ3) is 2.11. The summed E-state index contributed by atoms with van der Waals surface area (Å²) in [6.45, 7) is 0. The summed E-state index contributed by atoms with van der Waals surface area (Å²) in [7, 11) is 0. The zero-order valence-electron chi connectivity index (χ0n) is 8.78. The molecule has 0 radical (unpaired) electrons. The van der Waals surface area contributed by atoms with E-state index in [1.165, 1.54) is 27.5 Å². The molecule has 17 heavy (non-hydrogen) atoms. The molecule has 7 heteroatoms. The van der Waals surface area contributed by atoms with Crippen molar-refractivity contribution in [2.24, 2.45) is 0 Å². The summed E-state index contributed by atoms with van der Waals surface area (Å²) in [6.07, 6.45) is 1.49. The Morgan fingerprint density at radius 2 is 2.24 bits per heavy atom. The molecule has 0 saturated carbocycles. The number of nitrogens with zero attached hydrogens (tertiary/aromatic N) is 4. The van der Waals surface area contributed by atoms with Gasteiger partial charge in [0.1, 0.15) is 11.3 Å². The molecule has 0 spiro atoms. The van der Waals surface area contributed by atoms with E-state index < -0.39 is 0 Å². The predicted octanol–water partition coefficient (Wildman–Crippen LogP) is 1.89. The number of aromatic nitrogens is 4. The fourth-order valence-corrected chi connectivity index (χ4v) is 3.24. The SMILES string of the molecule is Nn1cnnc1SCc1nc2ccccc2s1. The summed E-state index contributed by atoms with van der Waals surface area (Å²) < 4.78 is 2.62. The zero-order valence-corrected chi connectivity index (χ0v) is 10.4. The average Bonchev–Trinajstić information content (AvgIpc) is 2.92. The molecule has 2 aromatic heterocycles. The standard InChI is InChI=1S/C10H9N5S2/c11-15-6-12-14-10(15)16-5-9-13-7-3-1-2-4-8(7)17-9/h1-4,6H,5,11H2. The fraction of sp³-hybridized carbons (Fsp3) is 0.100. The van der Waals surface area contributed by atoms with Gasteiger partial charge < -0.3 is 5.84 Å². The maximum Gasteiger partial charge on any atom is 0.209 e. The summed E-state index contributed by atoms with van der Waals surface area (Å²) in [5, 5.41) is 9.41. The third-order valence-corrected chi connectivity index (χ3v) is 4.39. The van der Waals surface area contributed by atoms with Gasteiger partial charge in [0.25, 0.3) is 0 Å². The van der Waals surface area contributed by atoms with E-state index >= 15 is 0 Å². The van der Waals surface area contributed by atoms with Crippen LogP contribution < -0.4 is 5.84 Å². The second-order valence-corrected chi connectivity index (χ2v) is 5.44. The second-order valence-electron chi connectivity index (χ2n) is 3.38. The van der Waals surface area contributed by atoms with Gasteiger partial charge in [0.2, 0.25) is 5.16 Å². The van der Waals surface area contributed by atoms with Crippen LogP contribution in [0.25, 0.3) is 10.2 Å². The largest absolute Gasteiger partial charge is 0.336 e. The fourth-order valence-electron chi connectivity index (χ4n) is 1.44. The smallest absolute Gasteiger partial charge is 0.209 e. The van der Waals surface area contributed by atoms with Crippen molar-refractivity contribution in [3.63, 3.8) is 0 Å². The maximum absolute atomic E-state index is 5.63. The number of hydrogen-bond donors (Lipinski definition) is 1. The van der Waals surface area contributed by atoms with Gasteiger partial charge in [-0.3, -0.25) is 0 Å². The van der Waals surface area contributed by atoms with Crippen molar-refractivity contribution in [3.8, 4) is 0 Å². The Hall–Kier alpha value is -1.60. The monoisotopic (exact) mass is 263 g/mol. The van der Waals surface area contributed by atoms with Gasteiger partial charge in [-0.25, -0.2) is 9.66 Å². The van der Waals surface area contributed by atoms with E-state index in [1.807, 2.05) is 18.2 Å². The summed E-state index contributed by atoms with van der Waals surface area (Å²) >= 11 is 3.23. The van der Waals surface area contributed by atoms with Crippen molar-refractivity contribution in [1.82, 2.24) is 19.9 Å². The summed E-state index contributed by atoms with van der Waals surface area (Å²) in [4.78, 5) is 4.54. The van der Waals surface area contributed by atoms with Crippen molar-refractivity contribution in [1.29, 1.82) is 0 Å². The Balaban J connectivity index is 1.79. The van der Waals surface area contributed by atoms with Crippen LogP contribution in [0.5, 0.6) is 0 Å². The quantitative estimate of drug-likeness (QED) is 0.577. The molecule has 2 heterocycles. The molecular formula is C10H9N5S2. The Bertz CT molecular complexity index is 612. The molecule has 0 atom stereocenters. The maximum atomic E-state index is 5.63. The van der Waals surface area contributed by atoms with Crippen molar-refractivity contribution < 1.29 is 0 Å². The molecule has 0 saturated heterocycles. The van der Waals surface area contributed by atoms with Gasteiger partial charge in [-0.2, -0.15) is 0 Å². The number of para-hydroxylation sites is 1. The molecule has 0 bridgehead atoms. The topological polar surface area (TPSA) is 69.6 Å².